The molecule has 3 rings (SSSR count). The largest absolute Gasteiger partial charge is 0.370 e. The molecule has 0 fully saturated rings. The molecule has 27 heavy (non-hydrogen) atoms. The highest BCUT2D eigenvalue weighted by Gasteiger charge is 2.13. The SMILES string of the molecule is CC(CNC(=O)CCc1nc(-c2ccccn2)no1)N(C)c1ccccc1. The van der Waals surface area contributed by atoms with Crippen molar-refractivity contribution in [2.75, 3.05) is 18.5 Å². The number of aryl methyl sites for hydroxylation is 1. The fourth-order valence-corrected chi connectivity index (χ4v) is 2.58. The lowest BCUT2D eigenvalue weighted by molar-refractivity contribution is -0.121. The number of aromatic nitrogens is 3. The molecule has 1 aromatic carbocycles. The van der Waals surface area contributed by atoms with E-state index in [4.69, 9.17) is 4.52 Å². The summed E-state index contributed by atoms with van der Waals surface area (Å²) in [7, 11) is 2.02. The molecule has 1 atom stereocenters. The number of carbonyl (C=O) groups excluding carboxylic acids is 1. The number of hydrogen-bond donors (Lipinski definition) is 1. The van der Waals surface area contributed by atoms with E-state index in [1.807, 2.05) is 55.6 Å². The summed E-state index contributed by atoms with van der Waals surface area (Å²) in [5.74, 6) is 0.824. The molecule has 1 amide bonds. The summed E-state index contributed by atoms with van der Waals surface area (Å²) < 4.78 is 5.20. The lowest BCUT2D eigenvalue weighted by atomic mass is 10.2. The van der Waals surface area contributed by atoms with E-state index in [1.54, 1.807) is 6.20 Å². The van der Waals surface area contributed by atoms with Crippen molar-refractivity contribution < 1.29 is 9.32 Å². The van der Waals surface area contributed by atoms with E-state index >= 15 is 0 Å². The first-order valence-corrected chi connectivity index (χ1v) is 8.92. The van der Waals surface area contributed by atoms with Crippen molar-refractivity contribution in [1.82, 2.24) is 20.4 Å². The Bertz CT molecular complexity index is 851. The Labute approximate surface area is 158 Å². The zero-order valence-corrected chi connectivity index (χ0v) is 15.5. The van der Waals surface area contributed by atoms with Crippen molar-refractivity contribution >= 4 is 11.6 Å². The van der Waals surface area contributed by atoms with Crippen LogP contribution in [0.4, 0.5) is 5.69 Å². The Kier molecular flexibility index (Phi) is 6.14. The number of likely N-dealkylation sites (N-methyl/N-ethyl adjacent to an activating group) is 1. The van der Waals surface area contributed by atoms with Gasteiger partial charge in [-0.05, 0) is 31.2 Å². The number of amides is 1. The second-order valence-electron chi connectivity index (χ2n) is 6.33. The van der Waals surface area contributed by atoms with Crippen LogP contribution in [-0.4, -0.2) is 40.7 Å². The van der Waals surface area contributed by atoms with Gasteiger partial charge in [0.05, 0.1) is 0 Å². The minimum atomic E-state index is -0.0408. The highest BCUT2D eigenvalue weighted by atomic mass is 16.5. The summed E-state index contributed by atoms with van der Waals surface area (Å²) in [6, 6.07) is 15.8. The topological polar surface area (TPSA) is 84.2 Å². The van der Waals surface area contributed by atoms with Gasteiger partial charge in [0, 0.05) is 44.4 Å². The first-order valence-electron chi connectivity index (χ1n) is 8.92. The quantitative estimate of drug-likeness (QED) is 0.661. The third-order valence-corrected chi connectivity index (χ3v) is 4.35. The van der Waals surface area contributed by atoms with Crippen LogP contribution in [0.3, 0.4) is 0 Å². The molecular formula is C20H23N5O2. The standard InChI is InChI=1S/C20H23N5O2/c1-15(25(2)16-8-4-3-5-9-16)14-22-18(26)11-12-19-23-20(24-27-19)17-10-6-7-13-21-17/h3-10,13,15H,11-12,14H2,1-2H3,(H,22,26). The molecule has 7 heteroatoms. The lowest BCUT2D eigenvalue weighted by Gasteiger charge is -2.27. The van der Waals surface area contributed by atoms with Gasteiger partial charge in [-0.3, -0.25) is 9.78 Å². The smallest absolute Gasteiger partial charge is 0.227 e. The molecule has 2 aromatic heterocycles. The number of carbonyl (C=O) groups is 1. The second-order valence-corrected chi connectivity index (χ2v) is 6.33. The van der Waals surface area contributed by atoms with Gasteiger partial charge in [-0.1, -0.05) is 29.4 Å². The van der Waals surface area contributed by atoms with Gasteiger partial charge in [0.15, 0.2) is 0 Å². The zero-order valence-electron chi connectivity index (χ0n) is 15.5. The predicted octanol–water partition coefficient (Wildman–Crippen LogP) is 2.71. The van der Waals surface area contributed by atoms with Gasteiger partial charge in [0.2, 0.25) is 17.6 Å². The summed E-state index contributed by atoms with van der Waals surface area (Å²) in [5, 5.41) is 6.87. The van der Waals surface area contributed by atoms with Gasteiger partial charge in [-0.2, -0.15) is 4.98 Å². The third-order valence-electron chi connectivity index (χ3n) is 4.35. The maximum absolute atomic E-state index is 12.1. The van der Waals surface area contributed by atoms with Crippen LogP contribution in [-0.2, 0) is 11.2 Å². The molecule has 140 valence electrons. The van der Waals surface area contributed by atoms with E-state index in [2.05, 4.69) is 32.3 Å². The average Bonchev–Trinajstić information content (AvgIpc) is 3.20. The maximum atomic E-state index is 12.1. The number of benzene rings is 1. The van der Waals surface area contributed by atoms with E-state index in [0.29, 0.717) is 36.8 Å². The first-order chi connectivity index (χ1) is 13.1. The van der Waals surface area contributed by atoms with Crippen molar-refractivity contribution in [3.05, 3.63) is 60.6 Å². The molecule has 0 spiro atoms. The third kappa shape index (κ3) is 5.13. The molecule has 3 aromatic rings. The molecule has 0 aliphatic rings. The average molecular weight is 365 g/mol. The molecule has 1 N–H and O–H groups in total. The molecule has 0 aliphatic carbocycles. The molecular weight excluding hydrogens is 342 g/mol. The van der Waals surface area contributed by atoms with Gasteiger partial charge < -0.3 is 14.7 Å². The Morgan fingerprint density at radius 2 is 1.96 bits per heavy atom. The van der Waals surface area contributed by atoms with Crippen LogP contribution in [0.1, 0.15) is 19.2 Å². The van der Waals surface area contributed by atoms with Gasteiger partial charge in [0.25, 0.3) is 0 Å². The Balaban J connectivity index is 1.44. The Morgan fingerprint density at radius 1 is 1.19 bits per heavy atom. The number of nitrogens with zero attached hydrogens (tertiary/aromatic N) is 4. The normalized spacial score (nSPS) is 11.8. The van der Waals surface area contributed by atoms with Crippen molar-refractivity contribution in [2.45, 2.75) is 25.8 Å². The molecule has 0 aliphatic heterocycles. The lowest BCUT2D eigenvalue weighted by Crippen LogP contribution is -2.40. The Morgan fingerprint density at radius 3 is 2.70 bits per heavy atom. The van der Waals surface area contributed by atoms with Gasteiger partial charge in [0.1, 0.15) is 5.69 Å². The van der Waals surface area contributed by atoms with E-state index in [-0.39, 0.29) is 11.9 Å². The monoisotopic (exact) mass is 365 g/mol. The fourth-order valence-electron chi connectivity index (χ4n) is 2.58. The zero-order chi connectivity index (χ0) is 19.1. The van der Waals surface area contributed by atoms with Crippen LogP contribution in [0.2, 0.25) is 0 Å². The molecule has 7 nitrogen and oxygen atoms in total. The van der Waals surface area contributed by atoms with Crippen molar-refractivity contribution in [2.24, 2.45) is 0 Å². The summed E-state index contributed by atoms with van der Waals surface area (Å²) in [6.45, 7) is 2.64. The van der Waals surface area contributed by atoms with Crippen molar-refractivity contribution in [1.29, 1.82) is 0 Å². The summed E-state index contributed by atoms with van der Waals surface area (Å²) >= 11 is 0. The predicted molar refractivity (Wildman–Crippen MR) is 103 cm³/mol. The fraction of sp³-hybridized carbons (Fsp3) is 0.300. The van der Waals surface area contributed by atoms with Crippen LogP contribution < -0.4 is 10.2 Å². The number of rotatable bonds is 8. The number of para-hydroxylation sites is 1. The van der Waals surface area contributed by atoms with E-state index in [0.717, 1.165) is 5.69 Å². The number of hydrogen-bond acceptors (Lipinski definition) is 6. The highest BCUT2D eigenvalue weighted by Crippen LogP contribution is 2.14. The van der Waals surface area contributed by atoms with Crippen LogP contribution in [0, 0.1) is 0 Å². The van der Waals surface area contributed by atoms with E-state index in [9.17, 15) is 4.79 Å². The number of pyridine rings is 1. The summed E-state index contributed by atoms with van der Waals surface area (Å²) in [6.07, 6.45) is 2.37. The minimum absolute atomic E-state index is 0.0408. The van der Waals surface area contributed by atoms with Crippen molar-refractivity contribution in [3.63, 3.8) is 0 Å². The minimum Gasteiger partial charge on any atom is -0.370 e. The van der Waals surface area contributed by atoms with Crippen LogP contribution in [0.15, 0.2) is 59.3 Å². The summed E-state index contributed by atoms with van der Waals surface area (Å²) in [4.78, 5) is 22.7. The highest BCUT2D eigenvalue weighted by molar-refractivity contribution is 5.76. The molecule has 0 bridgehead atoms. The van der Waals surface area contributed by atoms with Crippen LogP contribution in [0.25, 0.3) is 11.5 Å². The first kappa shape index (κ1) is 18.6. The molecule has 0 saturated carbocycles. The van der Waals surface area contributed by atoms with Gasteiger partial charge >= 0.3 is 0 Å². The van der Waals surface area contributed by atoms with E-state index < -0.39 is 0 Å². The maximum Gasteiger partial charge on any atom is 0.227 e. The second kappa shape index (κ2) is 8.93. The van der Waals surface area contributed by atoms with E-state index in [1.165, 1.54) is 0 Å². The van der Waals surface area contributed by atoms with Crippen LogP contribution >= 0.6 is 0 Å². The molecule has 1 unspecified atom stereocenters. The van der Waals surface area contributed by atoms with Crippen molar-refractivity contribution in [3.8, 4) is 11.5 Å². The van der Waals surface area contributed by atoms with Gasteiger partial charge in [-0.15, -0.1) is 0 Å². The summed E-state index contributed by atoms with van der Waals surface area (Å²) in [5.41, 5.74) is 1.77. The number of anilines is 1. The molecule has 0 saturated heterocycles. The molecule has 0 radical (unpaired) electrons. The Hall–Kier alpha value is -3.22. The number of nitrogens with one attached hydrogen (secondary N) is 1. The molecule has 2 heterocycles. The van der Waals surface area contributed by atoms with Gasteiger partial charge in [-0.25, -0.2) is 0 Å². The van der Waals surface area contributed by atoms with Crippen LogP contribution in [0.5, 0.6) is 0 Å².